The lowest BCUT2D eigenvalue weighted by atomic mass is 10.1. The minimum atomic E-state index is -1.10. The SMILES string of the molecule is Cc1c(C(=O)NCC(C)(O)c2cccs2)cnn1-c1ccncc1. The average molecular weight is 342 g/mol. The monoisotopic (exact) mass is 342 g/mol. The summed E-state index contributed by atoms with van der Waals surface area (Å²) < 4.78 is 1.69. The van der Waals surface area contributed by atoms with E-state index in [9.17, 15) is 9.90 Å². The van der Waals surface area contributed by atoms with Crippen molar-refractivity contribution < 1.29 is 9.90 Å². The molecule has 1 atom stereocenters. The number of thiophene rings is 1. The van der Waals surface area contributed by atoms with E-state index >= 15 is 0 Å². The molecule has 124 valence electrons. The number of carbonyl (C=O) groups excluding carboxylic acids is 1. The number of hydrogen-bond donors (Lipinski definition) is 2. The van der Waals surface area contributed by atoms with Gasteiger partial charge >= 0.3 is 0 Å². The summed E-state index contributed by atoms with van der Waals surface area (Å²) in [6.45, 7) is 3.65. The fourth-order valence-corrected chi connectivity index (χ4v) is 3.18. The van der Waals surface area contributed by atoms with Crippen molar-refractivity contribution in [3.05, 3.63) is 64.4 Å². The van der Waals surface area contributed by atoms with E-state index in [2.05, 4.69) is 15.4 Å². The Hall–Kier alpha value is -2.51. The molecule has 0 saturated heterocycles. The van der Waals surface area contributed by atoms with E-state index < -0.39 is 5.60 Å². The zero-order valence-electron chi connectivity index (χ0n) is 13.4. The number of aromatic nitrogens is 3. The highest BCUT2D eigenvalue weighted by Crippen LogP contribution is 2.24. The summed E-state index contributed by atoms with van der Waals surface area (Å²) in [6.07, 6.45) is 4.88. The van der Waals surface area contributed by atoms with Gasteiger partial charge in [-0.2, -0.15) is 5.10 Å². The highest BCUT2D eigenvalue weighted by atomic mass is 32.1. The van der Waals surface area contributed by atoms with Crippen LogP contribution in [0.1, 0.15) is 27.9 Å². The summed E-state index contributed by atoms with van der Waals surface area (Å²) in [5.41, 5.74) is 0.953. The first-order valence-corrected chi connectivity index (χ1v) is 8.36. The quantitative estimate of drug-likeness (QED) is 0.745. The van der Waals surface area contributed by atoms with E-state index in [4.69, 9.17) is 0 Å². The molecule has 6 nitrogen and oxygen atoms in total. The molecule has 3 heterocycles. The summed E-state index contributed by atoms with van der Waals surface area (Å²) in [5, 5.41) is 19.4. The molecular formula is C17H18N4O2S. The van der Waals surface area contributed by atoms with Crippen LogP contribution in [-0.4, -0.2) is 32.3 Å². The third kappa shape index (κ3) is 3.22. The second-order valence-electron chi connectivity index (χ2n) is 5.69. The van der Waals surface area contributed by atoms with Crippen molar-refractivity contribution in [3.63, 3.8) is 0 Å². The largest absolute Gasteiger partial charge is 0.383 e. The van der Waals surface area contributed by atoms with Crippen LogP contribution in [0.2, 0.25) is 0 Å². The minimum absolute atomic E-state index is 0.131. The van der Waals surface area contributed by atoms with Crippen LogP contribution in [0.4, 0.5) is 0 Å². The van der Waals surface area contributed by atoms with E-state index in [1.165, 1.54) is 17.5 Å². The number of amides is 1. The van der Waals surface area contributed by atoms with Gasteiger partial charge in [0.05, 0.1) is 29.7 Å². The van der Waals surface area contributed by atoms with Gasteiger partial charge in [0, 0.05) is 17.3 Å². The van der Waals surface area contributed by atoms with Crippen LogP contribution in [0, 0.1) is 6.92 Å². The summed E-state index contributed by atoms with van der Waals surface area (Å²) in [6, 6.07) is 7.37. The normalized spacial score (nSPS) is 13.5. The van der Waals surface area contributed by atoms with Gasteiger partial charge in [0.1, 0.15) is 5.60 Å². The van der Waals surface area contributed by atoms with Gasteiger partial charge in [-0.1, -0.05) is 6.07 Å². The van der Waals surface area contributed by atoms with Crippen LogP contribution in [0.25, 0.3) is 5.69 Å². The molecule has 1 amide bonds. The Kier molecular flexibility index (Phi) is 4.46. The Balaban J connectivity index is 1.74. The van der Waals surface area contributed by atoms with Crippen LogP contribution in [0.15, 0.2) is 48.2 Å². The predicted molar refractivity (Wildman–Crippen MR) is 92.3 cm³/mol. The molecule has 3 rings (SSSR count). The summed E-state index contributed by atoms with van der Waals surface area (Å²) in [5.74, 6) is -0.260. The third-order valence-corrected chi connectivity index (χ3v) is 4.93. The fourth-order valence-electron chi connectivity index (χ4n) is 2.40. The molecule has 0 radical (unpaired) electrons. The molecule has 0 aliphatic carbocycles. The summed E-state index contributed by atoms with van der Waals surface area (Å²) in [7, 11) is 0. The Morgan fingerprint density at radius 2 is 2.12 bits per heavy atom. The van der Waals surface area contributed by atoms with Crippen molar-refractivity contribution in [3.8, 4) is 5.69 Å². The molecule has 0 bridgehead atoms. The molecule has 3 aromatic rings. The molecule has 1 unspecified atom stereocenters. The smallest absolute Gasteiger partial charge is 0.254 e. The van der Waals surface area contributed by atoms with Crippen LogP contribution >= 0.6 is 11.3 Å². The maximum absolute atomic E-state index is 12.4. The number of pyridine rings is 1. The number of nitrogens with one attached hydrogen (secondary N) is 1. The van der Waals surface area contributed by atoms with Gasteiger partial charge in [0.25, 0.3) is 5.91 Å². The van der Waals surface area contributed by atoms with E-state index in [0.717, 1.165) is 16.3 Å². The minimum Gasteiger partial charge on any atom is -0.383 e. The Morgan fingerprint density at radius 1 is 1.38 bits per heavy atom. The van der Waals surface area contributed by atoms with Gasteiger partial charge in [0.15, 0.2) is 0 Å². The van der Waals surface area contributed by atoms with Gasteiger partial charge < -0.3 is 10.4 Å². The molecule has 0 spiro atoms. The zero-order valence-corrected chi connectivity index (χ0v) is 14.2. The molecule has 0 aromatic carbocycles. The molecule has 0 aliphatic rings. The summed E-state index contributed by atoms with van der Waals surface area (Å²) in [4.78, 5) is 17.2. The molecule has 7 heteroatoms. The van der Waals surface area contributed by atoms with Crippen LogP contribution in [0.3, 0.4) is 0 Å². The Bertz CT molecular complexity index is 826. The lowest BCUT2D eigenvalue weighted by Gasteiger charge is -2.22. The lowest BCUT2D eigenvalue weighted by molar-refractivity contribution is 0.0556. The van der Waals surface area contributed by atoms with Gasteiger partial charge in [-0.25, -0.2) is 4.68 Å². The molecule has 0 aliphatic heterocycles. The second kappa shape index (κ2) is 6.54. The highest BCUT2D eigenvalue weighted by Gasteiger charge is 2.26. The first-order chi connectivity index (χ1) is 11.5. The van der Waals surface area contributed by atoms with E-state index in [1.807, 2.05) is 36.6 Å². The average Bonchev–Trinajstić information content (AvgIpc) is 3.24. The number of nitrogens with zero attached hydrogens (tertiary/aromatic N) is 3. The number of aliphatic hydroxyl groups is 1. The highest BCUT2D eigenvalue weighted by molar-refractivity contribution is 7.10. The van der Waals surface area contributed by atoms with Gasteiger partial charge in [-0.15, -0.1) is 11.3 Å². The molecule has 24 heavy (non-hydrogen) atoms. The second-order valence-corrected chi connectivity index (χ2v) is 6.64. The van der Waals surface area contributed by atoms with Crippen molar-refractivity contribution in [1.82, 2.24) is 20.1 Å². The zero-order chi connectivity index (χ0) is 17.2. The third-order valence-electron chi connectivity index (χ3n) is 3.81. The van der Waals surface area contributed by atoms with Crippen molar-refractivity contribution >= 4 is 17.2 Å². The first kappa shape index (κ1) is 16.4. The van der Waals surface area contributed by atoms with Gasteiger partial charge in [-0.05, 0) is 37.4 Å². The molecule has 2 N–H and O–H groups in total. The molecular weight excluding hydrogens is 324 g/mol. The van der Waals surface area contributed by atoms with E-state index in [1.54, 1.807) is 24.0 Å². The maximum atomic E-state index is 12.4. The Morgan fingerprint density at radius 3 is 2.79 bits per heavy atom. The van der Waals surface area contributed by atoms with Crippen molar-refractivity contribution in [2.45, 2.75) is 19.4 Å². The molecule has 0 fully saturated rings. The van der Waals surface area contributed by atoms with Crippen LogP contribution < -0.4 is 5.32 Å². The summed E-state index contributed by atoms with van der Waals surface area (Å²) >= 11 is 1.46. The van der Waals surface area contributed by atoms with Crippen LogP contribution in [0.5, 0.6) is 0 Å². The maximum Gasteiger partial charge on any atom is 0.254 e. The van der Waals surface area contributed by atoms with Gasteiger partial charge in [0.2, 0.25) is 0 Å². The van der Waals surface area contributed by atoms with Crippen molar-refractivity contribution in [2.75, 3.05) is 6.54 Å². The fraction of sp³-hybridized carbons (Fsp3) is 0.235. The van der Waals surface area contributed by atoms with Crippen molar-refractivity contribution in [2.24, 2.45) is 0 Å². The molecule has 0 saturated carbocycles. The topological polar surface area (TPSA) is 80.0 Å². The van der Waals surface area contributed by atoms with Crippen LogP contribution in [-0.2, 0) is 5.60 Å². The van der Waals surface area contributed by atoms with E-state index in [-0.39, 0.29) is 12.5 Å². The number of hydrogen-bond acceptors (Lipinski definition) is 5. The number of rotatable bonds is 5. The number of carbonyl (C=O) groups is 1. The van der Waals surface area contributed by atoms with Gasteiger partial charge in [-0.3, -0.25) is 9.78 Å². The predicted octanol–water partition coefficient (Wildman–Crippen LogP) is 2.27. The van der Waals surface area contributed by atoms with E-state index in [0.29, 0.717) is 5.56 Å². The standard InChI is InChI=1S/C17H18N4O2S/c1-12-14(10-20-21(12)13-5-7-18-8-6-13)16(22)19-11-17(2,23)15-4-3-9-24-15/h3-10,23H,11H2,1-2H3,(H,19,22). The Labute approximate surface area is 143 Å². The first-order valence-electron chi connectivity index (χ1n) is 7.48. The molecule has 3 aromatic heterocycles. The lowest BCUT2D eigenvalue weighted by Crippen LogP contribution is -2.38. The van der Waals surface area contributed by atoms with Crippen molar-refractivity contribution in [1.29, 1.82) is 0 Å².